The summed E-state index contributed by atoms with van der Waals surface area (Å²) in [5.74, 6) is 1.52. The molecule has 3 N–H and O–H groups in total. The average molecular weight is 282 g/mol. The van der Waals surface area contributed by atoms with Gasteiger partial charge in [0.15, 0.2) is 0 Å². The number of hydrogen-bond donors (Lipinski definition) is 3. The first-order chi connectivity index (χ1) is 9.58. The van der Waals surface area contributed by atoms with Gasteiger partial charge in [-0.1, -0.05) is 0 Å². The number of ether oxygens (including phenoxy) is 1. The van der Waals surface area contributed by atoms with Crippen LogP contribution in [-0.4, -0.2) is 66.6 Å². The molecule has 0 unspecified atom stereocenters. The monoisotopic (exact) mass is 282 g/mol. The summed E-state index contributed by atoms with van der Waals surface area (Å²) in [6.45, 7) is 1.27. The van der Waals surface area contributed by atoms with Crippen molar-refractivity contribution in [1.29, 1.82) is 0 Å². The SMILES string of the molecule is CNc1nc(NC2(CO)CCOCC2)nc(N(C)C)n1. The summed E-state index contributed by atoms with van der Waals surface area (Å²) in [6, 6.07) is 0. The molecule has 0 saturated carbocycles. The first-order valence-corrected chi connectivity index (χ1v) is 6.66. The van der Waals surface area contributed by atoms with E-state index < -0.39 is 5.54 Å². The van der Waals surface area contributed by atoms with Crippen LogP contribution in [0.5, 0.6) is 0 Å². The van der Waals surface area contributed by atoms with E-state index in [1.54, 1.807) is 7.05 Å². The van der Waals surface area contributed by atoms with E-state index in [-0.39, 0.29) is 6.61 Å². The molecule has 1 aliphatic rings. The van der Waals surface area contributed by atoms with Crippen molar-refractivity contribution in [2.24, 2.45) is 0 Å². The first-order valence-electron chi connectivity index (χ1n) is 6.66. The van der Waals surface area contributed by atoms with Crippen molar-refractivity contribution < 1.29 is 9.84 Å². The second-order valence-electron chi connectivity index (χ2n) is 5.10. The highest BCUT2D eigenvalue weighted by Crippen LogP contribution is 2.25. The van der Waals surface area contributed by atoms with Gasteiger partial charge in [-0.3, -0.25) is 0 Å². The van der Waals surface area contributed by atoms with E-state index in [1.807, 2.05) is 19.0 Å². The number of hydrogen-bond acceptors (Lipinski definition) is 8. The van der Waals surface area contributed by atoms with Crippen molar-refractivity contribution >= 4 is 17.8 Å². The minimum Gasteiger partial charge on any atom is -0.394 e. The molecule has 0 atom stereocenters. The Hall–Kier alpha value is -1.67. The van der Waals surface area contributed by atoms with Crippen LogP contribution in [-0.2, 0) is 4.74 Å². The van der Waals surface area contributed by atoms with E-state index in [2.05, 4.69) is 25.6 Å². The number of aliphatic hydroxyl groups excluding tert-OH is 1. The van der Waals surface area contributed by atoms with Gasteiger partial charge in [0.2, 0.25) is 17.8 Å². The second kappa shape index (κ2) is 6.19. The molecule has 112 valence electrons. The lowest BCUT2D eigenvalue weighted by Gasteiger charge is -2.36. The molecule has 2 heterocycles. The third-order valence-electron chi connectivity index (χ3n) is 3.38. The highest BCUT2D eigenvalue weighted by atomic mass is 16.5. The summed E-state index contributed by atoms with van der Waals surface area (Å²) in [7, 11) is 5.50. The normalized spacial score (nSPS) is 17.6. The smallest absolute Gasteiger partial charge is 0.231 e. The lowest BCUT2D eigenvalue weighted by atomic mass is 9.91. The van der Waals surface area contributed by atoms with E-state index in [0.29, 0.717) is 31.1 Å². The van der Waals surface area contributed by atoms with Crippen molar-refractivity contribution in [2.75, 3.05) is 56.5 Å². The van der Waals surface area contributed by atoms with Crippen molar-refractivity contribution in [3.05, 3.63) is 0 Å². The third kappa shape index (κ3) is 3.26. The largest absolute Gasteiger partial charge is 0.394 e. The van der Waals surface area contributed by atoms with Crippen LogP contribution in [0, 0.1) is 0 Å². The zero-order valence-corrected chi connectivity index (χ0v) is 12.2. The predicted molar refractivity (Wildman–Crippen MR) is 77.2 cm³/mol. The van der Waals surface area contributed by atoms with Gasteiger partial charge >= 0.3 is 0 Å². The Labute approximate surface area is 118 Å². The number of aliphatic hydroxyl groups is 1. The molecular weight excluding hydrogens is 260 g/mol. The van der Waals surface area contributed by atoms with E-state index >= 15 is 0 Å². The zero-order valence-electron chi connectivity index (χ0n) is 12.2. The van der Waals surface area contributed by atoms with E-state index in [1.165, 1.54) is 0 Å². The number of rotatable bonds is 5. The number of anilines is 3. The van der Waals surface area contributed by atoms with Crippen LogP contribution in [0.4, 0.5) is 17.8 Å². The fraction of sp³-hybridized carbons (Fsp3) is 0.750. The van der Waals surface area contributed by atoms with Crippen LogP contribution in [0.2, 0.25) is 0 Å². The summed E-state index contributed by atoms with van der Waals surface area (Å²) in [5, 5.41) is 15.9. The molecule has 1 saturated heterocycles. The molecule has 0 amide bonds. The molecule has 8 nitrogen and oxygen atoms in total. The summed E-state index contributed by atoms with van der Waals surface area (Å²) in [4.78, 5) is 14.7. The molecule has 1 aliphatic heterocycles. The van der Waals surface area contributed by atoms with Gasteiger partial charge in [-0.2, -0.15) is 15.0 Å². The zero-order chi connectivity index (χ0) is 14.6. The van der Waals surface area contributed by atoms with Gasteiger partial charge < -0.3 is 25.4 Å². The van der Waals surface area contributed by atoms with Crippen LogP contribution in [0.25, 0.3) is 0 Å². The molecule has 1 fully saturated rings. The Morgan fingerprint density at radius 3 is 2.40 bits per heavy atom. The lowest BCUT2D eigenvalue weighted by Crippen LogP contribution is -2.47. The van der Waals surface area contributed by atoms with Crippen molar-refractivity contribution in [2.45, 2.75) is 18.4 Å². The van der Waals surface area contributed by atoms with E-state index in [4.69, 9.17) is 4.74 Å². The van der Waals surface area contributed by atoms with Crippen LogP contribution in [0.15, 0.2) is 0 Å². The standard InChI is InChI=1S/C12H22N6O2/c1-13-9-14-10(16-11(15-9)18(2)3)17-12(8-19)4-6-20-7-5-12/h19H,4-8H2,1-3H3,(H2,13,14,15,16,17). The van der Waals surface area contributed by atoms with Crippen LogP contribution >= 0.6 is 0 Å². The minimum atomic E-state index is -0.422. The van der Waals surface area contributed by atoms with Crippen molar-refractivity contribution in [1.82, 2.24) is 15.0 Å². The Kier molecular flexibility index (Phi) is 4.56. The Morgan fingerprint density at radius 1 is 1.20 bits per heavy atom. The maximum atomic E-state index is 9.69. The molecule has 0 bridgehead atoms. The Morgan fingerprint density at radius 2 is 1.85 bits per heavy atom. The van der Waals surface area contributed by atoms with Gasteiger partial charge in [0.05, 0.1) is 12.1 Å². The Balaban J connectivity index is 2.24. The van der Waals surface area contributed by atoms with Gasteiger partial charge in [0, 0.05) is 34.4 Å². The number of aromatic nitrogens is 3. The topological polar surface area (TPSA) is 95.4 Å². The fourth-order valence-electron chi connectivity index (χ4n) is 2.05. The molecular formula is C12H22N6O2. The number of nitrogens with one attached hydrogen (secondary N) is 2. The molecule has 0 radical (unpaired) electrons. The molecule has 0 spiro atoms. The molecule has 2 rings (SSSR count). The van der Waals surface area contributed by atoms with Gasteiger partial charge in [0.25, 0.3) is 0 Å². The Bertz CT molecular complexity index is 448. The van der Waals surface area contributed by atoms with Crippen molar-refractivity contribution in [3.8, 4) is 0 Å². The van der Waals surface area contributed by atoms with Gasteiger partial charge in [-0.15, -0.1) is 0 Å². The highest BCUT2D eigenvalue weighted by Gasteiger charge is 2.33. The summed E-state index contributed by atoms with van der Waals surface area (Å²) < 4.78 is 5.35. The minimum absolute atomic E-state index is 0.0221. The quantitative estimate of drug-likeness (QED) is 0.691. The maximum absolute atomic E-state index is 9.69. The van der Waals surface area contributed by atoms with Crippen LogP contribution in [0.3, 0.4) is 0 Å². The lowest BCUT2D eigenvalue weighted by molar-refractivity contribution is 0.0377. The summed E-state index contributed by atoms with van der Waals surface area (Å²) >= 11 is 0. The molecule has 0 aliphatic carbocycles. The van der Waals surface area contributed by atoms with Gasteiger partial charge in [-0.25, -0.2) is 0 Å². The van der Waals surface area contributed by atoms with Crippen LogP contribution < -0.4 is 15.5 Å². The van der Waals surface area contributed by atoms with E-state index in [0.717, 1.165) is 12.8 Å². The third-order valence-corrected chi connectivity index (χ3v) is 3.38. The van der Waals surface area contributed by atoms with Crippen molar-refractivity contribution in [3.63, 3.8) is 0 Å². The fourth-order valence-corrected chi connectivity index (χ4v) is 2.05. The van der Waals surface area contributed by atoms with Gasteiger partial charge in [0.1, 0.15) is 0 Å². The second-order valence-corrected chi connectivity index (χ2v) is 5.10. The van der Waals surface area contributed by atoms with Crippen LogP contribution in [0.1, 0.15) is 12.8 Å². The summed E-state index contributed by atoms with van der Waals surface area (Å²) in [6.07, 6.45) is 1.45. The number of nitrogens with zero attached hydrogens (tertiary/aromatic N) is 4. The van der Waals surface area contributed by atoms with E-state index in [9.17, 15) is 5.11 Å². The van der Waals surface area contributed by atoms with Gasteiger partial charge in [-0.05, 0) is 12.8 Å². The molecule has 20 heavy (non-hydrogen) atoms. The molecule has 1 aromatic heterocycles. The first kappa shape index (κ1) is 14.7. The predicted octanol–water partition coefficient (Wildman–Crippen LogP) is -0.0673. The summed E-state index contributed by atoms with van der Waals surface area (Å²) in [5.41, 5.74) is -0.422. The average Bonchev–Trinajstić information content (AvgIpc) is 2.47. The molecule has 0 aromatic carbocycles. The molecule has 1 aromatic rings. The molecule has 8 heteroatoms. The maximum Gasteiger partial charge on any atom is 0.231 e. The highest BCUT2D eigenvalue weighted by molar-refractivity contribution is 5.44.